The molecule has 31 heavy (non-hydrogen) atoms. The molecular formula is C21H25N5O3S2. The Kier molecular flexibility index (Phi) is 7.58. The average Bonchev–Trinajstić information content (AvgIpc) is 3.20. The molecule has 8 nitrogen and oxygen atoms in total. The number of nitrogens with one attached hydrogen (secondary N) is 1. The van der Waals surface area contributed by atoms with Crippen LogP contribution in [-0.2, 0) is 16.4 Å². The molecule has 1 aromatic heterocycles. The van der Waals surface area contributed by atoms with E-state index in [1.54, 1.807) is 16.8 Å². The van der Waals surface area contributed by atoms with Crippen molar-refractivity contribution in [2.24, 2.45) is 0 Å². The molecule has 0 aliphatic carbocycles. The average molecular weight is 460 g/mol. The summed E-state index contributed by atoms with van der Waals surface area (Å²) < 4.78 is 26.3. The molecule has 1 N–H and O–H groups in total. The Bertz CT molecular complexity index is 1120. The molecule has 10 heteroatoms. The van der Waals surface area contributed by atoms with E-state index < -0.39 is 10.0 Å². The van der Waals surface area contributed by atoms with Gasteiger partial charge in [0.2, 0.25) is 15.2 Å². The smallest absolute Gasteiger partial charge is 0.214 e. The van der Waals surface area contributed by atoms with E-state index in [4.69, 9.17) is 0 Å². The number of tetrazole rings is 1. The van der Waals surface area contributed by atoms with Crippen LogP contribution in [0.5, 0.6) is 0 Å². The number of carbonyl (C=O) groups is 1. The summed E-state index contributed by atoms with van der Waals surface area (Å²) >= 11 is 1.28. The van der Waals surface area contributed by atoms with Crippen molar-refractivity contribution in [2.75, 3.05) is 18.6 Å². The van der Waals surface area contributed by atoms with Gasteiger partial charge < -0.3 is 0 Å². The Morgan fingerprint density at radius 1 is 1.10 bits per heavy atom. The molecule has 0 aliphatic heterocycles. The maximum absolute atomic E-state index is 12.6. The SMILES string of the molecule is CC(C)c1ccc(-n2nnnc2SCC(=O)c2ccc(CCNS(C)(=O)=O)cc2)cc1. The minimum atomic E-state index is -3.20. The van der Waals surface area contributed by atoms with Gasteiger partial charge in [0.05, 0.1) is 17.7 Å². The van der Waals surface area contributed by atoms with Gasteiger partial charge in [0, 0.05) is 12.1 Å². The number of rotatable bonds is 10. The van der Waals surface area contributed by atoms with E-state index in [0.717, 1.165) is 17.5 Å². The Balaban J connectivity index is 1.58. The van der Waals surface area contributed by atoms with Gasteiger partial charge in [-0.2, -0.15) is 4.68 Å². The monoisotopic (exact) mass is 459 g/mol. The topological polar surface area (TPSA) is 107 Å². The van der Waals surface area contributed by atoms with Gasteiger partial charge in [-0.05, 0) is 46.0 Å². The second-order valence-corrected chi connectivity index (χ2v) is 10.2. The molecule has 3 rings (SSSR count). The number of nitrogens with zero attached hydrogens (tertiary/aromatic N) is 4. The lowest BCUT2D eigenvalue weighted by Gasteiger charge is -2.08. The summed E-state index contributed by atoms with van der Waals surface area (Å²) in [5.41, 5.74) is 3.62. The first kappa shape index (κ1) is 23.1. The van der Waals surface area contributed by atoms with E-state index in [0.29, 0.717) is 29.6 Å². The van der Waals surface area contributed by atoms with Gasteiger partial charge in [-0.25, -0.2) is 13.1 Å². The van der Waals surface area contributed by atoms with E-state index in [2.05, 4.69) is 34.1 Å². The number of thioether (sulfide) groups is 1. The summed E-state index contributed by atoms with van der Waals surface area (Å²) in [4.78, 5) is 12.6. The molecule has 0 fully saturated rings. The largest absolute Gasteiger partial charge is 0.293 e. The number of Topliss-reactive ketones (excluding diaryl/α,β-unsaturated/α-hetero) is 1. The maximum atomic E-state index is 12.6. The lowest BCUT2D eigenvalue weighted by Crippen LogP contribution is -2.24. The lowest BCUT2D eigenvalue weighted by atomic mass is 10.0. The van der Waals surface area contributed by atoms with Crippen molar-refractivity contribution in [3.05, 3.63) is 65.2 Å². The minimum Gasteiger partial charge on any atom is -0.293 e. The Hall–Kier alpha value is -2.56. The molecule has 0 radical (unpaired) electrons. The normalized spacial score (nSPS) is 11.7. The third-order valence-electron chi connectivity index (χ3n) is 4.63. The molecule has 0 unspecified atom stereocenters. The van der Waals surface area contributed by atoms with E-state index in [1.165, 1.54) is 17.3 Å². The molecule has 0 aliphatic rings. The molecular weight excluding hydrogens is 434 g/mol. The highest BCUT2D eigenvalue weighted by Gasteiger charge is 2.13. The molecule has 0 atom stereocenters. The summed E-state index contributed by atoms with van der Waals surface area (Å²) in [6.07, 6.45) is 1.68. The molecule has 164 valence electrons. The van der Waals surface area contributed by atoms with Gasteiger partial charge in [0.25, 0.3) is 0 Å². The summed E-state index contributed by atoms with van der Waals surface area (Å²) in [5.74, 6) is 0.617. The fraction of sp³-hybridized carbons (Fsp3) is 0.333. The summed E-state index contributed by atoms with van der Waals surface area (Å²) in [7, 11) is -3.20. The van der Waals surface area contributed by atoms with Crippen LogP contribution in [0.25, 0.3) is 5.69 Å². The van der Waals surface area contributed by atoms with Crippen LogP contribution in [0, 0.1) is 0 Å². The molecule has 0 spiro atoms. The first-order valence-electron chi connectivity index (χ1n) is 9.81. The van der Waals surface area contributed by atoms with Crippen molar-refractivity contribution in [1.82, 2.24) is 24.9 Å². The van der Waals surface area contributed by atoms with Crippen molar-refractivity contribution in [3.8, 4) is 5.69 Å². The molecule has 0 saturated carbocycles. The van der Waals surface area contributed by atoms with Crippen LogP contribution in [0.1, 0.15) is 41.3 Å². The second kappa shape index (κ2) is 10.2. The van der Waals surface area contributed by atoms with Crippen molar-refractivity contribution in [3.63, 3.8) is 0 Å². The number of hydrogen-bond donors (Lipinski definition) is 1. The second-order valence-electron chi connectivity index (χ2n) is 7.44. The maximum Gasteiger partial charge on any atom is 0.214 e. The number of ketones is 1. The number of sulfonamides is 1. The van der Waals surface area contributed by atoms with Crippen molar-refractivity contribution >= 4 is 27.6 Å². The zero-order chi connectivity index (χ0) is 22.4. The minimum absolute atomic E-state index is 0.0319. The van der Waals surface area contributed by atoms with Crippen LogP contribution in [0.2, 0.25) is 0 Å². The molecule has 0 amide bonds. The van der Waals surface area contributed by atoms with E-state index in [1.807, 2.05) is 36.4 Å². The van der Waals surface area contributed by atoms with Gasteiger partial charge in [-0.1, -0.05) is 62.0 Å². The van der Waals surface area contributed by atoms with Gasteiger partial charge in [0.1, 0.15) is 0 Å². The third kappa shape index (κ3) is 6.71. The highest BCUT2D eigenvalue weighted by atomic mass is 32.2. The van der Waals surface area contributed by atoms with Crippen LogP contribution in [0.3, 0.4) is 0 Å². The zero-order valence-corrected chi connectivity index (χ0v) is 19.3. The summed E-state index contributed by atoms with van der Waals surface area (Å²) in [6.45, 7) is 4.60. The molecule has 1 heterocycles. The van der Waals surface area contributed by atoms with Crippen LogP contribution >= 0.6 is 11.8 Å². The Morgan fingerprint density at radius 2 is 1.77 bits per heavy atom. The molecule has 0 saturated heterocycles. The van der Waals surface area contributed by atoms with Crippen molar-refractivity contribution in [2.45, 2.75) is 31.3 Å². The predicted molar refractivity (Wildman–Crippen MR) is 121 cm³/mol. The molecule has 3 aromatic rings. The van der Waals surface area contributed by atoms with Crippen LogP contribution in [-0.4, -0.2) is 53.0 Å². The lowest BCUT2D eigenvalue weighted by molar-refractivity contribution is 0.102. The van der Waals surface area contributed by atoms with Crippen LogP contribution in [0.15, 0.2) is 53.7 Å². The Morgan fingerprint density at radius 3 is 2.39 bits per heavy atom. The number of aromatic nitrogens is 4. The predicted octanol–water partition coefficient (Wildman–Crippen LogP) is 2.85. The van der Waals surface area contributed by atoms with Crippen LogP contribution < -0.4 is 4.72 Å². The Labute approximate surface area is 186 Å². The molecule has 2 aromatic carbocycles. The van der Waals surface area contributed by atoms with Crippen molar-refractivity contribution in [1.29, 1.82) is 0 Å². The number of carbonyl (C=O) groups excluding carboxylic acids is 1. The van der Waals surface area contributed by atoms with Crippen LogP contribution in [0.4, 0.5) is 0 Å². The quantitative estimate of drug-likeness (QED) is 0.367. The third-order valence-corrected chi connectivity index (χ3v) is 6.28. The van der Waals surface area contributed by atoms with E-state index >= 15 is 0 Å². The van der Waals surface area contributed by atoms with Gasteiger partial charge in [0.15, 0.2) is 5.78 Å². The zero-order valence-electron chi connectivity index (χ0n) is 17.6. The molecule has 0 bridgehead atoms. The van der Waals surface area contributed by atoms with E-state index in [-0.39, 0.29) is 11.5 Å². The summed E-state index contributed by atoms with van der Waals surface area (Å²) in [5, 5.41) is 12.4. The van der Waals surface area contributed by atoms with Gasteiger partial charge in [-0.15, -0.1) is 5.10 Å². The highest BCUT2D eigenvalue weighted by Crippen LogP contribution is 2.21. The standard InChI is InChI=1S/C21H25N5O3S2/c1-15(2)17-8-10-19(11-9-17)26-21(23-24-25-26)30-14-20(27)18-6-4-16(5-7-18)12-13-22-31(3,28)29/h4-11,15,22H,12-14H2,1-3H3. The number of hydrogen-bond acceptors (Lipinski definition) is 7. The van der Waals surface area contributed by atoms with E-state index in [9.17, 15) is 13.2 Å². The van der Waals surface area contributed by atoms with Gasteiger partial charge in [-0.3, -0.25) is 4.79 Å². The fourth-order valence-corrected chi connectivity index (χ4v) is 4.14. The fourth-order valence-electron chi connectivity index (χ4n) is 2.88. The van der Waals surface area contributed by atoms with Crippen molar-refractivity contribution < 1.29 is 13.2 Å². The highest BCUT2D eigenvalue weighted by molar-refractivity contribution is 7.99. The number of benzene rings is 2. The first-order valence-corrected chi connectivity index (χ1v) is 12.7. The van der Waals surface area contributed by atoms with Gasteiger partial charge >= 0.3 is 0 Å². The first-order chi connectivity index (χ1) is 14.7. The summed E-state index contributed by atoms with van der Waals surface area (Å²) in [6, 6.07) is 15.2.